The highest BCUT2D eigenvalue weighted by Gasteiger charge is 2.14. The number of carbonyl (C=O) groups is 1. The first-order chi connectivity index (χ1) is 15.3. The first-order valence-corrected chi connectivity index (χ1v) is 10.1. The van der Waals surface area contributed by atoms with E-state index in [1.807, 2.05) is 52.5 Å². The third-order valence-electron chi connectivity index (χ3n) is 5.04. The quantitative estimate of drug-likeness (QED) is 0.392. The zero-order valence-corrected chi connectivity index (χ0v) is 18.6. The van der Waals surface area contributed by atoms with Crippen molar-refractivity contribution in [3.05, 3.63) is 95.5 Å². The summed E-state index contributed by atoms with van der Waals surface area (Å²) in [5.74, 6) is -1.23. The summed E-state index contributed by atoms with van der Waals surface area (Å²) in [5, 5.41) is 9.10. The summed E-state index contributed by atoms with van der Waals surface area (Å²) in [5.41, 5.74) is 5.50. The molecule has 0 bridgehead atoms. The van der Waals surface area contributed by atoms with Crippen molar-refractivity contribution < 1.29 is 9.90 Å². The second kappa shape index (κ2) is 9.71. The Bertz CT molecular complexity index is 1090. The standard InChI is InChI=1S/C26H26N4O2/c1-27-25(26(31)32)18-19-6-8-22(9-7-19)30(23-14-10-20(11-15-23)28(2)3)24-16-12-21(13-17-24)29(4)5/h6-18H,2-5H3,(H,31,32). The summed E-state index contributed by atoms with van der Waals surface area (Å²) < 4.78 is 0. The van der Waals surface area contributed by atoms with Crippen molar-refractivity contribution in [1.82, 2.24) is 0 Å². The van der Waals surface area contributed by atoms with Crippen LogP contribution in [0.5, 0.6) is 0 Å². The fourth-order valence-corrected chi connectivity index (χ4v) is 3.27. The number of hydrogen-bond acceptors (Lipinski definition) is 4. The van der Waals surface area contributed by atoms with Crippen LogP contribution in [0.1, 0.15) is 5.56 Å². The maximum atomic E-state index is 11.1. The topological polar surface area (TPSA) is 51.4 Å². The molecule has 0 aliphatic heterocycles. The highest BCUT2D eigenvalue weighted by molar-refractivity contribution is 5.94. The second-order valence-corrected chi connectivity index (χ2v) is 7.70. The van der Waals surface area contributed by atoms with E-state index in [1.165, 1.54) is 6.08 Å². The van der Waals surface area contributed by atoms with Crippen LogP contribution in [0.4, 0.5) is 28.4 Å². The predicted octanol–water partition coefficient (Wildman–Crippen LogP) is 5.63. The Balaban J connectivity index is 2.04. The molecule has 162 valence electrons. The first-order valence-electron chi connectivity index (χ1n) is 10.1. The lowest BCUT2D eigenvalue weighted by Crippen LogP contribution is -2.12. The monoisotopic (exact) mass is 426 g/mol. The Morgan fingerprint density at radius 3 is 1.38 bits per heavy atom. The van der Waals surface area contributed by atoms with Crippen molar-refractivity contribution >= 4 is 40.5 Å². The molecule has 0 fully saturated rings. The minimum atomic E-state index is -1.23. The third-order valence-corrected chi connectivity index (χ3v) is 5.04. The Morgan fingerprint density at radius 1 is 0.719 bits per heavy atom. The zero-order chi connectivity index (χ0) is 23.3. The van der Waals surface area contributed by atoms with Gasteiger partial charge in [-0.25, -0.2) is 4.85 Å². The van der Waals surface area contributed by atoms with E-state index in [0.29, 0.717) is 5.56 Å². The van der Waals surface area contributed by atoms with Crippen LogP contribution in [0.15, 0.2) is 78.5 Å². The molecule has 0 saturated carbocycles. The fourth-order valence-electron chi connectivity index (χ4n) is 3.27. The van der Waals surface area contributed by atoms with E-state index in [0.717, 1.165) is 28.4 Å². The summed E-state index contributed by atoms with van der Waals surface area (Å²) in [6.07, 6.45) is 1.38. The van der Waals surface area contributed by atoms with Gasteiger partial charge in [-0.05, 0) is 72.3 Å². The summed E-state index contributed by atoms with van der Waals surface area (Å²) in [6.45, 7) is 7.03. The van der Waals surface area contributed by atoms with E-state index in [-0.39, 0.29) is 5.70 Å². The summed E-state index contributed by atoms with van der Waals surface area (Å²) in [4.78, 5) is 20.5. The lowest BCUT2D eigenvalue weighted by Gasteiger charge is -2.27. The number of hydrogen-bond donors (Lipinski definition) is 1. The van der Waals surface area contributed by atoms with Gasteiger partial charge in [0.1, 0.15) is 0 Å². The second-order valence-electron chi connectivity index (χ2n) is 7.70. The van der Waals surface area contributed by atoms with Crippen LogP contribution in [0.25, 0.3) is 10.9 Å². The Kier molecular flexibility index (Phi) is 6.81. The molecular weight excluding hydrogens is 400 g/mol. The minimum absolute atomic E-state index is 0.312. The maximum absolute atomic E-state index is 11.1. The van der Waals surface area contributed by atoms with Gasteiger partial charge in [-0.1, -0.05) is 12.1 Å². The highest BCUT2D eigenvalue weighted by atomic mass is 16.4. The van der Waals surface area contributed by atoms with Gasteiger partial charge in [0.2, 0.25) is 0 Å². The van der Waals surface area contributed by atoms with Crippen molar-refractivity contribution in [3.63, 3.8) is 0 Å². The molecule has 0 heterocycles. The van der Waals surface area contributed by atoms with Crippen LogP contribution in [0.2, 0.25) is 0 Å². The normalized spacial score (nSPS) is 10.9. The maximum Gasteiger partial charge on any atom is 0.333 e. The van der Waals surface area contributed by atoms with Crippen molar-refractivity contribution in [2.24, 2.45) is 0 Å². The van der Waals surface area contributed by atoms with Crippen molar-refractivity contribution in [1.29, 1.82) is 0 Å². The summed E-state index contributed by atoms with van der Waals surface area (Å²) in [6, 6.07) is 24.1. The van der Waals surface area contributed by atoms with Gasteiger partial charge in [0.15, 0.2) is 0 Å². The number of carboxylic acids is 1. The fraction of sp³-hybridized carbons (Fsp3) is 0.154. The van der Waals surface area contributed by atoms with Gasteiger partial charge in [-0.2, -0.15) is 0 Å². The molecule has 0 unspecified atom stereocenters. The van der Waals surface area contributed by atoms with Crippen LogP contribution in [0.3, 0.4) is 0 Å². The molecule has 0 saturated heterocycles. The van der Waals surface area contributed by atoms with E-state index in [2.05, 4.69) is 68.1 Å². The average molecular weight is 427 g/mol. The molecule has 0 aliphatic carbocycles. The van der Waals surface area contributed by atoms with Crippen LogP contribution >= 0.6 is 0 Å². The van der Waals surface area contributed by atoms with Gasteiger partial charge in [0.25, 0.3) is 5.70 Å². The molecule has 32 heavy (non-hydrogen) atoms. The van der Waals surface area contributed by atoms with E-state index in [4.69, 9.17) is 11.7 Å². The molecule has 3 rings (SSSR count). The average Bonchev–Trinajstić information content (AvgIpc) is 2.79. The molecule has 0 aromatic heterocycles. The molecule has 0 radical (unpaired) electrons. The van der Waals surface area contributed by atoms with E-state index in [1.54, 1.807) is 0 Å². The number of carboxylic acid groups (broad SMARTS) is 1. The molecule has 6 nitrogen and oxygen atoms in total. The minimum Gasteiger partial charge on any atom is -0.486 e. The van der Waals surface area contributed by atoms with Gasteiger partial charge < -0.3 is 19.8 Å². The van der Waals surface area contributed by atoms with Crippen LogP contribution < -0.4 is 14.7 Å². The molecule has 0 atom stereocenters. The summed E-state index contributed by atoms with van der Waals surface area (Å²) >= 11 is 0. The van der Waals surface area contributed by atoms with Gasteiger partial charge in [-0.15, -0.1) is 0 Å². The van der Waals surface area contributed by atoms with Crippen LogP contribution in [-0.2, 0) is 4.79 Å². The number of nitrogens with zero attached hydrogens (tertiary/aromatic N) is 4. The number of aliphatic carboxylic acids is 1. The lowest BCUT2D eigenvalue weighted by molar-refractivity contribution is -0.132. The number of anilines is 5. The molecule has 0 spiro atoms. The lowest BCUT2D eigenvalue weighted by atomic mass is 10.1. The van der Waals surface area contributed by atoms with Gasteiger partial charge >= 0.3 is 5.97 Å². The number of benzene rings is 3. The van der Waals surface area contributed by atoms with E-state index < -0.39 is 5.97 Å². The molecule has 1 N–H and O–H groups in total. The van der Waals surface area contributed by atoms with Crippen LogP contribution in [-0.4, -0.2) is 39.3 Å². The molecule has 3 aromatic rings. The molecule has 3 aromatic carbocycles. The Labute approximate surface area is 189 Å². The van der Waals surface area contributed by atoms with Gasteiger partial charge in [0.05, 0.1) is 6.57 Å². The number of rotatable bonds is 7. The highest BCUT2D eigenvalue weighted by Crippen LogP contribution is 2.36. The smallest absolute Gasteiger partial charge is 0.333 e. The first kappa shape index (κ1) is 22.4. The molecular formula is C26H26N4O2. The third kappa shape index (κ3) is 5.08. The SMILES string of the molecule is [C-]#[N+]C(=Cc1ccc(N(c2ccc(N(C)C)cc2)c2ccc(N(C)C)cc2)cc1)C(=O)O. The van der Waals surface area contributed by atoms with Crippen LogP contribution in [0, 0.1) is 6.57 Å². The van der Waals surface area contributed by atoms with E-state index in [9.17, 15) is 4.79 Å². The zero-order valence-electron chi connectivity index (χ0n) is 18.6. The molecule has 0 aliphatic rings. The van der Waals surface area contributed by atoms with Crippen molar-refractivity contribution in [2.75, 3.05) is 42.9 Å². The largest absolute Gasteiger partial charge is 0.486 e. The van der Waals surface area contributed by atoms with E-state index >= 15 is 0 Å². The van der Waals surface area contributed by atoms with Gasteiger partial charge in [0, 0.05) is 56.6 Å². The predicted molar refractivity (Wildman–Crippen MR) is 132 cm³/mol. The van der Waals surface area contributed by atoms with Crippen molar-refractivity contribution in [3.8, 4) is 0 Å². The molecule has 0 amide bonds. The Morgan fingerprint density at radius 2 is 1.06 bits per heavy atom. The summed E-state index contributed by atoms with van der Waals surface area (Å²) in [7, 11) is 8.03. The molecule has 6 heteroatoms. The Hall–Kier alpha value is -4.24. The van der Waals surface area contributed by atoms with Crippen molar-refractivity contribution in [2.45, 2.75) is 0 Å². The van der Waals surface area contributed by atoms with Gasteiger partial charge in [-0.3, -0.25) is 4.79 Å².